The predicted octanol–water partition coefficient (Wildman–Crippen LogP) is 2.87. The van der Waals surface area contributed by atoms with E-state index >= 15 is 0 Å². The van der Waals surface area contributed by atoms with Crippen molar-refractivity contribution in [3.63, 3.8) is 0 Å². The summed E-state index contributed by atoms with van der Waals surface area (Å²) in [4.78, 5) is 12.3. The van der Waals surface area contributed by atoms with E-state index in [1.165, 1.54) is 25.3 Å². The molecule has 6 nitrogen and oxygen atoms in total. The lowest BCUT2D eigenvalue weighted by Gasteiger charge is -2.26. The second-order valence-electron chi connectivity index (χ2n) is 5.45. The maximum Gasteiger partial charge on any atom is 0.387 e. The van der Waals surface area contributed by atoms with Crippen molar-refractivity contribution in [2.45, 2.75) is 12.7 Å². The Bertz CT molecular complexity index is 784. The minimum atomic E-state index is -2.98. The number of benzene rings is 2. The predicted molar refractivity (Wildman–Crippen MR) is 88.3 cm³/mol. The van der Waals surface area contributed by atoms with E-state index in [1.807, 2.05) is 12.1 Å². The van der Waals surface area contributed by atoms with E-state index in [-0.39, 0.29) is 29.7 Å². The molecule has 1 heterocycles. The average Bonchev–Trinajstić information content (AvgIpc) is 2.65. The number of ether oxygens (including phenoxy) is 4. The van der Waals surface area contributed by atoms with Crippen molar-refractivity contribution in [1.29, 1.82) is 0 Å². The Morgan fingerprint density at radius 1 is 1.23 bits per heavy atom. The smallest absolute Gasteiger partial charge is 0.387 e. The van der Waals surface area contributed by atoms with Gasteiger partial charge in [0.05, 0.1) is 13.7 Å². The SMILES string of the molecule is COc1cc(C(=O)NC[C@@H]2COc3ccccc3O2)ccc1OC(F)F. The van der Waals surface area contributed by atoms with Crippen molar-refractivity contribution in [2.24, 2.45) is 0 Å². The lowest BCUT2D eigenvalue weighted by atomic mass is 10.2. The van der Waals surface area contributed by atoms with Gasteiger partial charge in [-0.2, -0.15) is 8.78 Å². The number of rotatable bonds is 6. The molecule has 0 saturated carbocycles. The van der Waals surface area contributed by atoms with Crippen molar-refractivity contribution in [3.05, 3.63) is 48.0 Å². The van der Waals surface area contributed by atoms with E-state index in [0.717, 1.165) is 0 Å². The topological polar surface area (TPSA) is 66.0 Å². The van der Waals surface area contributed by atoms with Crippen LogP contribution in [0.15, 0.2) is 42.5 Å². The van der Waals surface area contributed by atoms with E-state index in [9.17, 15) is 13.6 Å². The van der Waals surface area contributed by atoms with Gasteiger partial charge in [0.1, 0.15) is 12.7 Å². The lowest BCUT2D eigenvalue weighted by Crippen LogP contribution is -2.40. The summed E-state index contributed by atoms with van der Waals surface area (Å²) in [7, 11) is 1.31. The standard InChI is InChI=1S/C18H17F2NO5/c1-23-16-8-11(6-7-15(16)26-18(19)20)17(22)21-9-12-10-24-13-4-2-3-5-14(13)25-12/h2-8,12,18H,9-10H2,1H3,(H,21,22)/t12-/m1/s1. The van der Waals surface area contributed by atoms with Crippen LogP contribution in [0.3, 0.4) is 0 Å². The van der Waals surface area contributed by atoms with Crippen molar-refractivity contribution < 1.29 is 32.5 Å². The van der Waals surface area contributed by atoms with Crippen LogP contribution in [0.5, 0.6) is 23.0 Å². The lowest BCUT2D eigenvalue weighted by molar-refractivity contribution is -0.0512. The molecule has 0 unspecified atom stereocenters. The number of hydrogen-bond donors (Lipinski definition) is 1. The number of carbonyl (C=O) groups excluding carboxylic acids is 1. The maximum atomic E-state index is 12.3. The zero-order chi connectivity index (χ0) is 18.5. The number of methoxy groups -OCH3 is 1. The van der Waals surface area contributed by atoms with Crippen LogP contribution < -0.4 is 24.3 Å². The Morgan fingerprint density at radius 2 is 2.00 bits per heavy atom. The summed E-state index contributed by atoms with van der Waals surface area (Å²) in [6.07, 6.45) is -0.336. The molecule has 1 N–H and O–H groups in total. The first-order valence-electron chi connectivity index (χ1n) is 7.86. The molecule has 0 fully saturated rings. The van der Waals surface area contributed by atoms with E-state index in [2.05, 4.69) is 10.1 Å². The Morgan fingerprint density at radius 3 is 2.73 bits per heavy atom. The quantitative estimate of drug-likeness (QED) is 0.853. The molecular formula is C18H17F2NO5. The van der Waals surface area contributed by atoms with Crippen LogP contribution >= 0.6 is 0 Å². The molecule has 0 bridgehead atoms. The number of halogens is 2. The fourth-order valence-corrected chi connectivity index (χ4v) is 2.47. The third-order valence-corrected chi connectivity index (χ3v) is 3.70. The van der Waals surface area contributed by atoms with Gasteiger partial charge in [-0.05, 0) is 30.3 Å². The first kappa shape index (κ1) is 17.8. The minimum Gasteiger partial charge on any atom is -0.493 e. The summed E-state index contributed by atoms with van der Waals surface area (Å²) in [5.41, 5.74) is 0.251. The molecule has 8 heteroatoms. The van der Waals surface area contributed by atoms with E-state index in [0.29, 0.717) is 18.1 Å². The van der Waals surface area contributed by atoms with Gasteiger partial charge < -0.3 is 24.3 Å². The van der Waals surface area contributed by atoms with Crippen molar-refractivity contribution >= 4 is 5.91 Å². The molecule has 3 rings (SSSR count). The highest BCUT2D eigenvalue weighted by molar-refractivity contribution is 5.94. The van der Waals surface area contributed by atoms with Crippen molar-refractivity contribution in [1.82, 2.24) is 5.32 Å². The first-order valence-corrected chi connectivity index (χ1v) is 7.86. The summed E-state index contributed by atoms with van der Waals surface area (Å²) in [5.74, 6) is 0.792. The van der Waals surface area contributed by atoms with Gasteiger partial charge in [-0.25, -0.2) is 0 Å². The Labute approximate surface area is 148 Å². The van der Waals surface area contributed by atoms with Gasteiger partial charge in [-0.15, -0.1) is 0 Å². The molecule has 0 aliphatic carbocycles. The average molecular weight is 365 g/mol. The normalized spacial score (nSPS) is 15.5. The molecule has 2 aromatic carbocycles. The van der Waals surface area contributed by atoms with E-state index in [4.69, 9.17) is 14.2 Å². The fourth-order valence-electron chi connectivity index (χ4n) is 2.47. The highest BCUT2D eigenvalue weighted by Gasteiger charge is 2.21. The largest absolute Gasteiger partial charge is 0.493 e. The van der Waals surface area contributed by atoms with E-state index in [1.54, 1.807) is 12.1 Å². The van der Waals surface area contributed by atoms with Crippen LogP contribution in [0, 0.1) is 0 Å². The summed E-state index contributed by atoms with van der Waals surface area (Å²) in [6.45, 7) is -2.44. The van der Waals surface area contributed by atoms with Gasteiger partial charge in [0.25, 0.3) is 5.91 Å². The van der Waals surface area contributed by atoms with Gasteiger partial charge in [0.2, 0.25) is 0 Å². The van der Waals surface area contributed by atoms with Gasteiger partial charge in [0.15, 0.2) is 23.0 Å². The molecule has 2 aromatic rings. The van der Waals surface area contributed by atoms with Gasteiger partial charge >= 0.3 is 6.61 Å². The number of fused-ring (bicyclic) bond motifs is 1. The van der Waals surface area contributed by atoms with Crippen LogP contribution in [-0.4, -0.2) is 38.9 Å². The molecule has 0 spiro atoms. The minimum absolute atomic E-state index is 0.0455. The van der Waals surface area contributed by atoms with Gasteiger partial charge in [-0.1, -0.05) is 12.1 Å². The van der Waals surface area contributed by atoms with Crippen molar-refractivity contribution in [2.75, 3.05) is 20.3 Å². The molecule has 1 amide bonds. The first-order chi connectivity index (χ1) is 12.6. The summed E-state index contributed by atoms with van der Waals surface area (Å²) < 4.78 is 45.3. The van der Waals surface area contributed by atoms with Crippen LogP contribution in [0.2, 0.25) is 0 Å². The number of amides is 1. The van der Waals surface area contributed by atoms with E-state index < -0.39 is 12.5 Å². The molecule has 1 atom stereocenters. The highest BCUT2D eigenvalue weighted by Crippen LogP contribution is 2.31. The Balaban J connectivity index is 1.60. The molecule has 138 valence electrons. The molecule has 1 aliphatic heterocycles. The van der Waals surface area contributed by atoms with Gasteiger partial charge in [0, 0.05) is 5.56 Å². The molecule has 1 aliphatic rings. The van der Waals surface area contributed by atoms with Gasteiger partial charge in [-0.3, -0.25) is 4.79 Å². The number of hydrogen-bond acceptors (Lipinski definition) is 5. The Hall–Kier alpha value is -3.03. The molecule has 0 aromatic heterocycles. The fraction of sp³-hybridized carbons (Fsp3) is 0.278. The molecule has 0 radical (unpaired) electrons. The zero-order valence-corrected chi connectivity index (χ0v) is 13.9. The second kappa shape index (κ2) is 7.90. The van der Waals surface area contributed by atoms with Crippen LogP contribution in [0.25, 0.3) is 0 Å². The third-order valence-electron chi connectivity index (χ3n) is 3.70. The monoisotopic (exact) mass is 365 g/mol. The zero-order valence-electron chi connectivity index (χ0n) is 13.9. The molecular weight excluding hydrogens is 348 g/mol. The second-order valence-corrected chi connectivity index (χ2v) is 5.45. The summed E-state index contributed by atoms with van der Waals surface area (Å²) in [5, 5.41) is 2.72. The van der Waals surface area contributed by atoms with Crippen LogP contribution in [-0.2, 0) is 0 Å². The summed E-state index contributed by atoms with van der Waals surface area (Å²) >= 11 is 0. The Kier molecular flexibility index (Phi) is 5.40. The molecule has 26 heavy (non-hydrogen) atoms. The maximum absolute atomic E-state index is 12.3. The van der Waals surface area contributed by atoms with Crippen LogP contribution in [0.1, 0.15) is 10.4 Å². The third kappa shape index (κ3) is 4.14. The number of nitrogens with one attached hydrogen (secondary N) is 1. The number of para-hydroxylation sites is 2. The number of carbonyl (C=O) groups is 1. The summed E-state index contributed by atoms with van der Waals surface area (Å²) in [6, 6.07) is 11.2. The van der Waals surface area contributed by atoms with Crippen LogP contribution in [0.4, 0.5) is 8.78 Å². The number of alkyl halides is 2. The van der Waals surface area contributed by atoms with Crippen molar-refractivity contribution in [3.8, 4) is 23.0 Å². The highest BCUT2D eigenvalue weighted by atomic mass is 19.3. The molecule has 0 saturated heterocycles.